The summed E-state index contributed by atoms with van der Waals surface area (Å²) < 4.78 is 0. The highest BCUT2D eigenvalue weighted by atomic mass is 16.2. The van der Waals surface area contributed by atoms with Crippen LogP contribution < -0.4 is 16.0 Å². The highest BCUT2D eigenvalue weighted by molar-refractivity contribution is 5.93. The van der Waals surface area contributed by atoms with E-state index < -0.39 is 0 Å². The van der Waals surface area contributed by atoms with E-state index >= 15 is 0 Å². The van der Waals surface area contributed by atoms with Gasteiger partial charge in [0, 0.05) is 44.3 Å². The van der Waals surface area contributed by atoms with Gasteiger partial charge in [-0.15, -0.1) is 0 Å². The molecule has 1 aliphatic carbocycles. The molecule has 1 aliphatic heterocycles. The van der Waals surface area contributed by atoms with Crippen molar-refractivity contribution in [3.8, 4) is 0 Å². The first-order valence-corrected chi connectivity index (χ1v) is 12.7. The largest absolute Gasteiger partial charge is 0.363 e. The van der Waals surface area contributed by atoms with Crippen molar-refractivity contribution in [3.05, 3.63) is 65.7 Å². The van der Waals surface area contributed by atoms with Gasteiger partial charge in [0.1, 0.15) is 5.82 Å². The lowest BCUT2D eigenvalue weighted by Crippen LogP contribution is -2.48. The zero-order chi connectivity index (χ0) is 25.1. The van der Waals surface area contributed by atoms with Crippen molar-refractivity contribution in [1.82, 2.24) is 20.1 Å². The Morgan fingerprint density at radius 3 is 2.64 bits per heavy atom. The number of likely N-dealkylation sites (N-methyl/N-ethyl adjacent to an activating group) is 1. The van der Waals surface area contributed by atoms with Crippen molar-refractivity contribution in [2.45, 2.75) is 37.8 Å². The second-order valence-electron chi connectivity index (χ2n) is 9.98. The normalized spacial score (nSPS) is 18.0. The van der Waals surface area contributed by atoms with Crippen LogP contribution in [0.3, 0.4) is 0 Å². The number of aromatic nitrogens is 1. The number of nitrogens with one attached hydrogen (secondary N) is 3. The highest BCUT2D eigenvalue weighted by Gasteiger charge is 2.23. The highest BCUT2D eigenvalue weighted by Crippen LogP contribution is 2.33. The lowest BCUT2D eigenvalue weighted by atomic mass is 10.1. The molecule has 0 spiro atoms. The number of benzene rings is 2. The Hall–Kier alpha value is -3.65. The van der Waals surface area contributed by atoms with Crippen LogP contribution >= 0.6 is 0 Å². The van der Waals surface area contributed by atoms with E-state index in [9.17, 15) is 9.59 Å². The first kappa shape index (κ1) is 24.1. The lowest BCUT2D eigenvalue weighted by molar-refractivity contribution is -0.130. The average molecular weight is 487 g/mol. The summed E-state index contributed by atoms with van der Waals surface area (Å²) >= 11 is 0. The predicted octanol–water partition coefficient (Wildman–Crippen LogP) is 4.01. The van der Waals surface area contributed by atoms with Crippen LogP contribution in [-0.2, 0) is 11.2 Å². The molecule has 1 fully saturated rings. The third kappa shape index (κ3) is 5.60. The fraction of sp³-hybridized carbons (Fsp3) is 0.393. The molecule has 3 aromatic rings. The summed E-state index contributed by atoms with van der Waals surface area (Å²) in [6.07, 6.45) is 3.83. The minimum atomic E-state index is -0.205. The van der Waals surface area contributed by atoms with E-state index in [1.807, 2.05) is 30.3 Å². The summed E-state index contributed by atoms with van der Waals surface area (Å²) in [6.45, 7) is 2.03. The number of urea groups is 1. The average Bonchev–Trinajstić information content (AvgIpc) is 3.28. The molecule has 0 bridgehead atoms. The topological polar surface area (TPSA) is 89.6 Å². The summed E-state index contributed by atoms with van der Waals surface area (Å²) in [7, 11) is 3.55. The first-order chi connectivity index (χ1) is 17.4. The van der Waals surface area contributed by atoms with E-state index in [0.29, 0.717) is 6.54 Å². The molecular formula is C28H34N6O2. The van der Waals surface area contributed by atoms with Gasteiger partial charge in [0.25, 0.3) is 0 Å². The Morgan fingerprint density at radius 1 is 1.03 bits per heavy atom. The summed E-state index contributed by atoms with van der Waals surface area (Å²) in [5.74, 6) is 0.970. The van der Waals surface area contributed by atoms with Gasteiger partial charge >= 0.3 is 6.03 Å². The minimum Gasteiger partial charge on any atom is -0.363 e. The molecule has 2 aliphatic rings. The second-order valence-corrected chi connectivity index (χ2v) is 9.98. The maximum absolute atomic E-state index is 12.6. The van der Waals surface area contributed by atoms with Crippen molar-refractivity contribution in [2.24, 2.45) is 0 Å². The van der Waals surface area contributed by atoms with Crippen molar-refractivity contribution in [2.75, 3.05) is 44.4 Å². The van der Waals surface area contributed by atoms with Crippen LogP contribution in [-0.4, -0.2) is 66.5 Å². The number of fused-ring (bicyclic) bond motifs is 2. The van der Waals surface area contributed by atoms with Gasteiger partial charge in [-0.3, -0.25) is 9.69 Å². The van der Waals surface area contributed by atoms with Crippen LogP contribution in [0.2, 0.25) is 0 Å². The third-order valence-electron chi connectivity index (χ3n) is 7.18. The van der Waals surface area contributed by atoms with Crippen LogP contribution in [0.1, 0.15) is 36.4 Å². The van der Waals surface area contributed by atoms with Crippen molar-refractivity contribution in [1.29, 1.82) is 0 Å². The molecule has 1 aromatic heterocycles. The van der Waals surface area contributed by atoms with Gasteiger partial charge in [-0.25, -0.2) is 9.78 Å². The second kappa shape index (κ2) is 10.5. The van der Waals surface area contributed by atoms with Crippen LogP contribution in [0.25, 0.3) is 10.9 Å². The molecule has 1 saturated heterocycles. The van der Waals surface area contributed by atoms with Gasteiger partial charge < -0.3 is 20.9 Å². The molecule has 5 rings (SSSR count). The third-order valence-corrected chi connectivity index (χ3v) is 7.18. The maximum atomic E-state index is 12.6. The van der Waals surface area contributed by atoms with Crippen molar-refractivity contribution >= 4 is 34.3 Å². The maximum Gasteiger partial charge on any atom is 0.319 e. The molecule has 1 atom stereocenters. The molecule has 0 saturated carbocycles. The lowest BCUT2D eigenvalue weighted by Gasteiger charge is -2.32. The number of pyridine rings is 1. The van der Waals surface area contributed by atoms with E-state index in [1.54, 1.807) is 19.0 Å². The number of hydrogen-bond acceptors (Lipinski definition) is 5. The number of nitrogens with zero attached hydrogens (tertiary/aromatic N) is 3. The SMILES string of the molecule is CN(C)C(=O)CN1CCC(NC(=O)Nc2ccc3nc(N[C@@H]4CCc5ccccc54)ccc3c2)CC1. The Morgan fingerprint density at radius 2 is 1.83 bits per heavy atom. The molecule has 0 unspecified atom stereocenters. The standard InChI is InChI=1S/C28H34N6O2/c1-33(2)27(35)18-34-15-13-21(14-16-34)29-28(36)30-22-9-11-24-20(17-22)8-12-26(31-24)32-25-10-7-19-5-3-4-6-23(19)25/h3-6,8-9,11-12,17,21,25H,7,10,13-16,18H2,1-2H3,(H,31,32)(H2,29,30,36)/t25-/m1/s1. The Balaban J connectivity index is 1.14. The molecule has 3 amide bonds. The Bertz CT molecular complexity index is 1250. The summed E-state index contributed by atoms with van der Waals surface area (Å²) in [4.78, 5) is 33.0. The monoisotopic (exact) mass is 486 g/mol. The number of likely N-dealkylation sites (tertiary alicyclic amines) is 1. The number of amides is 3. The first-order valence-electron chi connectivity index (χ1n) is 12.7. The van der Waals surface area contributed by atoms with E-state index in [-0.39, 0.29) is 24.0 Å². The molecular weight excluding hydrogens is 452 g/mol. The fourth-order valence-corrected chi connectivity index (χ4v) is 5.09. The number of carbonyl (C=O) groups excluding carboxylic acids is 2. The van der Waals surface area contributed by atoms with Crippen molar-refractivity contribution < 1.29 is 9.59 Å². The van der Waals surface area contributed by atoms with Gasteiger partial charge in [-0.1, -0.05) is 24.3 Å². The Kier molecular flexibility index (Phi) is 7.04. The molecule has 8 heteroatoms. The quantitative estimate of drug-likeness (QED) is 0.490. The van der Waals surface area contributed by atoms with E-state index in [4.69, 9.17) is 4.98 Å². The van der Waals surface area contributed by atoms with E-state index in [2.05, 4.69) is 45.1 Å². The van der Waals surface area contributed by atoms with Crippen LogP contribution in [0.15, 0.2) is 54.6 Å². The zero-order valence-corrected chi connectivity index (χ0v) is 21.0. The van der Waals surface area contributed by atoms with E-state index in [1.165, 1.54) is 11.1 Å². The van der Waals surface area contributed by atoms with E-state index in [0.717, 1.165) is 61.2 Å². The number of anilines is 2. The smallest absolute Gasteiger partial charge is 0.319 e. The van der Waals surface area contributed by atoms with Crippen LogP contribution in [0.4, 0.5) is 16.3 Å². The number of aryl methyl sites for hydroxylation is 1. The molecule has 0 radical (unpaired) electrons. The number of hydrogen-bond donors (Lipinski definition) is 3. The fourth-order valence-electron chi connectivity index (χ4n) is 5.09. The van der Waals surface area contributed by atoms with Crippen LogP contribution in [0, 0.1) is 0 Å². The van der Waals surface area contributed by atoms with Gasteiger partial charge in [-0.2, -0.15) is 0 Å². The number of piperidine rings is 1. The van der Waals surface area contributed by atoms with Gasteiger partial charge in [0.2, 0.25) is 5.91 Å². The molecule has 2 aromatic carbocycles. The zero-order valence-electron chi connectivity index (χ0n) is 21.0. The molecule has 2 heterocycles. The molecule has 8 nitrogen and oxygen atoms in total. The number of carbonyl (C=O) groups is 2. The van der Waals surface area contributed by atoms with Gasteiger partial charge in [-0.05, 0) is 67.1 Å². The molecule has 36 heavy (non-hydrogen) atoms. The summed E-state index contributed by atoms with van der Waals surface area (Å²) in [5.41, 5.74) is 4.39. The number of rotatable bonds is 6. The molecule has 188 valence electrons. The Labute approximate surface area is 212 Å². The predicted molar refractivity (Wildman–Crippen MR) is 143 cm³/mol. The minimum absolute atomic E-state index is 0.104. The van der Waals surface area contributed by atoms with Gasteiger partial charge in [0.15, 0.2) is 0 Å². The summed E-state index contributed by atoms with van der Waals surface area (Å²) in [6, 6.07) is 18.6. The molecule has 3 N–H and O–H groups in total. The van der Waals surface area contributed by atoms with Gasteiger partial charge in [0.05, 0.1) is 18.1 Å². The van der Waals surface area contributed by atoms with Crippen LogP contribution in [0.5, 0.6) is 0 Å². The summed E-state index contributed by atoms with van der Waals surface area (Å²) in [5, 5.41) is 10.6. The van der Waals surface area contributed by atoms with Crippen molar-refractivity contribution in [3.63, 3.8) is 0 Å².